The van der Waals surface area contributed by atoms with Crippen molar-refractivity contribution in [1.82, 2.24) is 0 Å². The predicted octanol–water partition coefficient (Wildman–Crippen LogP) is 1.96. The second-order valence-electron chi connectivity index (χ2n) is 3.13. The Morgan fingerprint density at radius 1 is 1.55 bits per heavy atom. The molecular weight excluding hydrogens is 139 g/mol. The van der Waals surface area contributed by atoms with Crippen LogP contribution in [0.4, 0.5) is 0 Å². The lowest BCUT2D eigenvalue weighted by Crippen LogP contribution is -2.08. The van der Waals surface area contributed by atoms with E-state index in [1.807, 2.05) is 12.9 Å². The molecule has 0 saturated carbocycles. The van der Waals surface area contributed by atoms with Gasteiger partial charge in [0.1, 0.15) is 11.5 Å². The molecule has 0 fully saturated rings. The molecule has 1 atom stereocenters. The lowest BCUT2D eigenvalue weighted by molar-refractivity contribution is 0.374. The quantitative estimate of drug-likeness (QED) is 0.491. The van der Waals surface area contributed by atoms with E-state index in [0.717, 1.165) is 17.9 Å². The van der Waals surface area contributed by atoms with Crippen molar-refractivity contribution in [3.05, 3.63) is 23.7 Å². The van der Waals surface area contributed by atoms with Gasteiger partial charge in [-0.3, -0.25) is 0 Å². The van der Waals surface area contributed by atoms with Gasteiger partial charge in [0.15, 0.2) is 0 Å². The van der Waals surface area contributed by atoms with E-state index in [9.17, 15) is 0 Å². The van der Waals surface area contributed by atoms with Crippen molar-refractivity contribution < 1.29 is 9.31 Å². The zero-order valence-corrected chi connectivity index (χ0v) is 6.83. The standard InChI is InChI=1S/C8H11BO2/c1-6-3-4-7-8(5-6)11-9(2)10-7/h3-4,6H,5H2,1-2H3. The van der Waals surface area contributed by atoms with Gasteiger partial charge in [0, 0.05) is 6.42 Å². The first-order chi connectivity index (χ1) is 5.25. The minimum absolute atomic E-state index is 0.0880. The molecule has 1 aliphatic carbocycles. The smallest absolute Gasteiger partial charge is 0.526 e. The highest BCUT2D eigenvalue weighted by Gasteiger charge is 2.29. The van der Waals surface area contributed by atoms with Crippen molar-refractivity contribution in [2.24, 2.45) is 5.92 Å². The van der Waals surface area contributed by atoms with E-state index < -0.39 is 0 Å². The van der Waals surface area contributed by atoms with Crippen LogP contribution in [-0.4, -0.2) is 7.12 Å². The van der Waals surface area contributed by atoms with E-state index in [-0.39, 0.29) is 7.12 Å². The summed E-state index contributed by atoms with van der Waals surface area (Å²) >= 11 is 0. The highest BCUT2D eigenvalue weighted by Crippen LogP contribution is 2.30. The number of hydrogen-bond acceptors (Lipinski definition) is 2. The summed E-state index contributed by atoms with van der Waals surface area (Å²) in [6.45, 7) is 4.09. The molecule has 0 amide bonds. The van der Waals surface area contributed by atoms with Crippen molar-refractivity contribution in [3.63, 3.8) is 0 Å². The van der Waals surface area contributed by atoms with Crippen LogP contribution < -0.4 is 0 Å². The van der Waals surface area contributed by atoms with Crippen molar-refractivity contribution in [1.29, 1.82) is 0 Å². The molecule has 11 heavy (non-hydrogen) atoms. The lowest BCUT2D eigenvalue weighted by atomic mass is 9.96. The first-order valence-electron chi connectivity index (χ1n) is 4.00. The van der Waals surface area contributed by atoms with Gasteiger partial charge in [-0.1, -0.05) is 13.0 Å². The van der Waals surface area contributed by atoms with Gasteiger partial charge < -0.3 is 9.31 Å². The summed E-state index contributed by atoms with van der Waals surface area (Å²) in [6, 6.07) is 0. The maximum atomic E-state index is 5.44. The average molecular weight is 150 g/mol. The fraction of sp³-hybridized carbons (Fsp3) is 0.500. The van der Waals surface area contributed by atoms with Crippen molar-refractivity contribution in [3.8, 4) is 0 Å². The Labute approximate surface area is 67.0 Å². The molecule has 1 aliphatic heterocycles. The van der Waals surface area contributed by atoms with Crippen LogP contribution in [0.1, 0.15) is 13.3 Å². The molecule has 3 heteroatoms. The summed E-state index contributed by atoms with van der Waals surface area (Å²) in [6.07, 6.45) is 5.14. The van der Waals surface area contributed by atoms with Gasteiger partial charge in [-0.2, -0.15) is 0 Å². The van der Waals surface area contributed by atoms with Crippen LogP contribution in [0.3, 0.4) is 0 Å². The van der Waals surface area contributed by atoms with Crippen LogP contribution in [0.15, 0.2) is 23.7 Å². The second-order valence-corrected chi connectivity index (χ2v) is 3.13. The zero-order valence-electron chi connectivity index (χ0n) is 6.83. The van der Waals surface area contributed by atoms with E-state index >= 15 is 0 Å². The molecule has 0 spiro atoms. The largest absolute Gasteiger partial charge is 0.591 e. The summed E-state index contributed by atoms with van der Waals surface area (Å²) in [7, 11) is -0.0880. The van der Waals surface area contributed by atoms with Gasteiger partial charge in [-0.25, -0.2) is 0 Å². The first kappa shape index (κ1) is 6.83. The van der Waals surface area contributed by atoms with E-state index in [1.165, 1.54) is 0 Å². The number of rotatable bonds is 0. The third-order valence-corrected chi connectivity index (χ3v) is 1.96. The van der Waals surface area contributed by atoms with Gasteiger partial charge in [0.05, 0.1) is 0 Å². The molecule has 58 valence electrons. The van der Waals surface area contributed by atoms with Gasteiger partial charge in [-0.05, 0) is 18.8 Å². The van der Waals surface area contributed by atoms with E-state index in [0.29, 0.717) is 5.92 Å². The van der Waals surface area contributed by atoms with Gasteiger partial charge in [0.2, 0.25) is 0 Å². The fourth-order valence-corrected chi connectivity index (χ4v) is 1.42. The van der Waals surface area contributed by atoms with E-state index in [2.05, 4.69) is 13.0 Å². The molecule has 2 rings (SSSR count). The summed E-state index contributed by atoms with van der Waals surface area (Å²) in [5.41, 5.74) is 0. The topological polar surface area (TPSA) is 18.5 Å². The van der Waals surface area contributed by atoms with Crippen molar-refractivity contribution in [2.45, 2.75) is 20.2 Å². The molecule has 0 radical (unpaired) electrons. The third-order valence-electron chi connectivity index (χ3n) is 1.96. The monoisotopic (exact) mass is 150 g/mol. The minimum atomic E-state index is -0.0880. The summed E-state index contributed by atoms with van der Waals surface area (Å²) < 4.78 is 10.8. The Bertz CT molecular complexity index is 232. The van der Waals surface area contributed by atoms with Gasteiger partial charge >= 0.3 is 7.12 Å². The zero-order chi connectivity index (χ0) is 7.84. The number of hydrogen-bond donors (Lipinski definition) is 0. The van der Waals surface area contributed by atoms with Crippen LogP contribution in [0.25, 0.3) is 0 Å². The fourth-order valence-electron chi connectivity index (χ4n) is 1.42. The minimum Gasteiger partial charge on any atom is -0.526 e. The Morgan fingerprint density at radius 3 is 3.18 bits per heavy atom. The van der Waals surface area contributed by atoms with Gasteiger partial charge in [0.25, 0.3) is 0 Å². The molecule has 0 aromatic rings. The normalized spacial score (nSPS) is 28.2. The van der Waals surface area contributed by atoms with Crippen LogP contribution in [0, 0.1) is 5.92 Å². The molecule has 0 bridgehead atoms. The molecule has 0 N–H and O–H groups in total. The van der Waals surface area contributed by atoms with E-state index in [4.69, 9.17) is 9.31 Å². The maximum Gasteiger partial charge on any atom is 0.591 e. The Morgan fingerprint density at radius 2 is 2.36 bits per heavy atom. The molecule has 2 nitrogen and oxygen atoms in total. The van der Waals surface area contributed by atoms with Crippen LogP contribution in [0.5, 0.6) is 0 Å². The van der Waals surface area contributed by atoms with Crippen LogP contribution in [-0.2, 0) is 9.31 Å². The van der Waals surface area contributed by atoms with E-state index in [1.54, 1.807) is 0 Å². The summed E-state index contributed by atoms with van der Waals surface area (Å²) in [5, 5.41) is 0. The third kappa shape index (κ3) is 1.15. The molecular formula is C8H11BO2. The van der Waals surface area contributed by atoms with Gasteiger partial charge in [-0.15, -0.1) is 0 Å². The molecule has 1 heterocycles. The lowest BCUT2D eigenvalue weighted by Gasteiger charge is -2.11. The second kappa shape index (κ2) is 2.33. The molecule has 0 aromatic heterocycles. The summed E-state index contributed by atoms with van der Waals surface area (Å²) in [4.78, 5) is 0. The molecule has 1 unspecified atom stereocenters. The molecule has 2 aliphatic rings. The molecule has 0 saturated heterocycles. The number of allylic oxidation sites excluding steroid dienone is 3. The van der Waals surface area contributed by atoms with Crippen LogP contribution >= 0.6 is 0 Å². The Kier molecular flexibility index (Phi) is 1.45. The highest BCUT2D eigenvalue weighted by atomic mass is 16.6. The Hall–Kier alpha value is -0.855. The molecule has 0 aromatic carbocycles. The van der Waals surface area contributed by atoms with Crippen LogP contribution in [0.2, 0.25) is 6.82 Å². The Balaban J connectivity index is 2.18. The van der Waals surface area contributed by atoms with Crippen molar-refractivity contribution >= 4 is 7.12 Å². The highest BCUT2D eigenvalue weighted by molar-refractivity contribution is 6.44. The average Bonchev–Trinajstić information content (AvgIpc) is 2.27. The summed E-state index contributed by atoms with van der Waals surface area (Å²) in [5.74, 6) is 2.53. The first-order valence-corrected chi connectivity index (χ1v) is 4.00. The predicted molar refractivity (Wildman–Crippen MR) is 43.7 cm³/mol. The maximum absolute atomic E-state index is 5.44. The SMILES string of the molecule is CB1OC2=C(CC(C)C=C2)O1. The van der Waals surface area contributed by atoms with Crippen molar-refractivity contribution in [2.75, 3.05) is 0 Å².